The molecule has 2 aliphatic heterocycles. The maximum Gasteiger partial charge on any atom is 0.433 e. The van der Waals surface area contributed by atoms with E-state index < -0.39 is 34.8 Å². The van der Waals surface area contributed by atoms with Crippen molar-refractivity contribution in [2.45, 2.75) is 24.9 Å². The number of nitrogens with zero attached hydrogens (tertiary/aromatic N) is 3. The summed E-state index contributed by atoms with van der Waals surface area (Å²) in [4.78, 5) is 48.9. The Morgan fingerprint density at radius 3 is 2.58 bits per heavy atom. The number of cyclic esters (lactones) is 1. The molecule has 0 unspecified atom stereocenters. The predicted molar refractivity (Wildman–Crippen MR) is 83.3 cm³/mol. The van der Waals surface area contributed by atoms with E-state index in [0.717, 1.165) is 6.07 Å². The Kier molecular flexibility index (Phi) is 4.78. The summed E-state index contributed by atoms with van der Waals surface area (Å²) in [5.41, 5.74) is 0. The fourth-order valence-electron chi connectivity index (χ4n) is 3.20. The first kappa shape index (κ1) is 17.7. The lowest BCUT2D eigenvalue weighted by Gasteiger charge is -2.36. The highest BCUT2D eigenvalue weighted by atomic mass is 16.6. The number of carbonyl (C=O) groups excluding carboxylic acids is 3. The van der Waals surface area contributed by atoms with Crippen LogP contribution in [0.2, 0.25) is 0 Å². The molecule has 2 amide bonds. The number of amides is 2. The zero-order valence-electron chi connectivity index (χ0n) is 14.0. The summed E-state index contributed by atoms with van der Waals surface area (Å²) in [6, 6.07) is 1.34. The summed E-state index contributed by atoms with van der Waals surface area (Å²) in [6.07, 6.45) is 0.306. The van der Waals surface area contributed by atoms with Crippen LogP contribution in [-0.4, -0.2) is 71.6 Å². The number of methoxy groups -OCH3 is 1. The van der Waals surface area contributed by atoms with E-state index in [1.54, 1.807) is 0 Å². The fourth-order valence-corrected chi connectivity index (χ4v) is 3.20. The standard InChI is InChI=1S/C15H17N3O8/c1-24-14(20)10-8-25-15(21)17(10)9-4-6-16(7-5-9)13(19)11-2-3-12(26-11)18(22)23/h2-3,9-10H,4-8H2,1H3/t10-/m0/s1. The van der Waals surface area contributed by atoms with Gasteiger partial charge < -0.3 is 18.8 Å². The summed E-state index contributed by atoms with van der Waals surface area (Å²) in [5, 5.41) is 10.6. The Hall–Kier alpha value is -3.11. The third-order valence-corrected chi connectivity index (χ3v) is 4.51. The van der Waals surface area contributed by atoms with E-state index in [-0.39, 0.29) is 18.4 Å². The lowest BCUT2D eigenvalue weighted by molar-refractivity contribution is -0.402. The molecule has 0 saturated carbocycles. The van der Waals surface area contributed by atoms with Gasteiger partial charge in [0.15, 0.2) is 11.8 Å². The SMILES string of the molecule is COC(=O)[C@@H]1COC(=O)N1C1CCN(C(=O)c2ccc([N+](=O)[O-])o2)CC1. The molecule has 1 atom stereocenters. The number of carbonyl (C=O) groups is 3. The molecule has 0 bridgehead atoms. The molecule has 2 saturated heterocycles. The van der Waals surface area contributed by atoms with Gasteiger partial charge in [-0.2, -0.15) is 0 Å². The van der Waals surface area contributed by atoms with Crippen LogP contribution in [-0.2, 0) is 14.3 Å². The second-order valence-electron chi connectivity index (χ2n) is 5.94. The Morgan fingerprint density at radius 1 is 1.31 bits per heavy atom. The van der Waals surface area contributed by atoms with Crippen LogP contribution in [0.15, 0.2) is 16.5 Å². The first-order valence-corrected chi connectivity index (χ1v) is 7.98. The van der Waals surface area contributed by atoms with E-state index in [0.29, 0.717) is 25.9 Å². The average molecular weight is 367 g/mol. The Morgan fingerprint density at radius 2 is 2.00 bits per heavy atom. The van der Waals surface area contributed by atoms with Crippen molar-refractivity contribution in [1.82, 2.24) is 9.80 Å². The predicted octanol–water partition coefficient (Wildman–Crippen LogP) is 0.786. The van der Waals surface area contributed by atoms with Gasteiger partial charge in [0.25, 0.3) is 5.91 Å². The van der Waals surface area contributed by atoms with Crippen LogP contribution in [0.3, 0.4) is 0 Å². The largest absolute Gasteiger partial charge is 0.467 e. The van der Waals surface area contributed by atoms with E-state index in [1.165, 1.54) is 23.0 Å². The van der Waals surface area contributed by atoms with Gasteiger partial charge in [0.1, 0.15) is 11.5 Å². The Labute approximate surface area is 147 Å². The molecule has 2 aliphatic rings. The summed E-state index contributed by atoms with van der Waals surface area (Å²) in [6.45, 7) is 0.575. The third kappa shape index (κ3) is 3.19. The lowest BCUT2D eigenvalue weighted by atomic mass is 10.0. The van der Waals surface area contributed by atoms with E-state index in [9.17, 15) is 24.5 Å². The number of likely N-dealkylation sites (tertiary alicyclic amines) is 1. The smallest absolute Gasteiger partial charge is 0.433 e. The molecule has 140 valence electrons. The van der Waals surface area contributed by atoms with Crippen molar-refractivity contribution in [2.75, 3.05) is 26.8 Å². The number of piperidine rings is 1. The van der Waals surface area contributed by atoms with E-state index >= 15 is 0 Å². The molecule has 0 N–H and O–H groups in total. The molecule has 1 aromatic heterocycles. The van der Waals surface area contributed by atoms with Crippen molar-refractivity contribution in [2.24, 2.45) is 0 Å². The summed E-state index contributed by atoms with van der Waals surface area (Å²) in [7, 11) is 1.24. The molecule has 3 rings (SSSR count). The molecule has 1 aromatic rings. The number of esters is 1. The minimum atomic E-state index is -0.785. The number of hydrogen-bond donors (Lipinski definition) is 0. The minimum absolute atomic E-state index is 0.0548. The topological polar surface area (TPSA) is 132 Å². The second-order valence-corrected chi connectivity index (χ2v) is 5.94. The molecule has 0 aromatic carbocycles. The third-order valence-electron chi connectivity index (χ3n) is 4.51. The second kappa shape index (κ2) is 7.02. The normalized spacial score (nSPS) is 20.8. The monoisotopic (exact) mass is 367 g/mol. The first-order valence-electron chi connectivity index (χ1n) is 7.98. The van der Waals surface area contributed by atoms with Gasteiger partial charge in [0.05, 0.1) is 13.2 Å². The molecule has 26 heavy (non-hydrogen) atoms. The van der Waals surface area contributed by atoms with Gasteiger partial charge in [0, 0.05) is 19.1 Å². The molecule has 11 heteroatoms. The van der Waals surface area contributed by atoms with Gasteiger partial charge in [-0.05, 0) is 18.9 Å². The quantitative estimate of drug-likeness (QED) is 0.433. The number of ether oxygens (including phenoxy) is 2. The maximum absolute atomic E-state index is 12.4. The van der Waals surface area contributed by atoms with Crippen molar-refractivity contribution >= 4 is 23.9 Å². The van der Waals surface area contributed by atoms with Crippen molar-refractivity contribution in [3.8, 4) is 0 Å². The van der Waals surface area contributed by atoms with Crippen molar-refractivity contribution in [3.05, 3.63) is 28.0 Å². The van der Waals surface area contributed by atoms with Gasteiger partial charge >= 0.3 is 17.9 Å². The summed E-state index contributed by atoms with van der Waals surface area (Å²) < 4.78 is 14.6. The van der Waals surface area contributed by atoms with Crippen LogP contribution < -0.4 is 0 Å². The van der Waals surface area contributed by atoms with E-state index in [4.69, 9.17) is 13.9 Å². The summed E-state index contributed by atoms with van der Waals surface area (Å²) in [5.74, 6) is -1.60. The molecule has 3 heterocycles. The highest BCUT2D eigenvalue weighted by Crippen LogP contribution is 2.26. The lowest BCUT2D eigenvalue weighted by Crippen LogP contribution is -2.51. The van der Waals surface area contributed by atoms with E-state index in [2.05, 4.69) is 0 Å². The molecular formula is C15H17N3O8. The first-order chi connectivity index (χ1) is 12.4. The zero-order valence-corrected chi connectivity index (χ0v) is 14.0. The number of hydrogen-bond acceptors (Lipinski definition) is 8. The molecule has 2 fully saturated rings. The molecular weight excluding hydrogens is 350 g/mol. The minimum Gasteiger partial charge on any atom is -0.467 e. The average Bonchev–Trinajstić information content (AvgIpc) is 3.28. The maximum atomic E-state index is 12.4. The summed E-state index contributed by atoms with van der Waals surface area (Å²) >= 11 is 0. The van der Waals surface area contributed by atoms with Gasteiger partial charge in [-0.15, -0.1) is 0 Å². The number of rotatable bonds is 4. The highest BCUT2D eigenvalue weighted by molar-refractivity contribution is 5.92. The molecule has 0 radical (unpaired) electrons. The molecule has 11 nitrogen and oxygen atoms in total. The van der Waals surface area contributed by atoms with Crippen LogP contribution >= 0.6 is 0 Å². The van der Waals surface area contributed by atoms with Crippen LogP contribution in [0.4, 0.5) is 10.7 Å². The Balaban J connectivity index is 1.63. The van der Waals surface area contributed by atoms with Gasteiger partial charge in [-0.25, -0.2) is 9.59 Å². The van der Waals surface area contributed by atoms with Crippen molar-refractivity contribution in [1.29, 1.82) is 0 Å². The molecule has 0 spiro atoms. The van der Waals surface area contributed by atoms with Crippen LogP contribution in [0.25, 0.3) is 0 Å². The highest BCUT2D eigenvalue weighted by Gasteiger charge is 2.44. The molecule has 0 aliphatic carbocycles. The van der Waals surface area contributed by atoms with Gasteiger partial charge in [0.2, 0.25) is 0 Å². The van der Waals surface area contributed by atoms with Crippen LogP contribution in [0.5, 0.6) is 0 Å². The number of furan rings is 1. The Bertz CT molecular complexity index is 737. The fraction of sp³-hybridized carbons (Fsp3) is 0.533. The van der Waals surface area contributed by atoms with E-state index in [1.807, 2.05) is 0 Å². The zero-order chi connectivity index (χ0) is 18.8. The van der Waals surface area contributed by atoms with Crippen molar-refractivity contribution in [3.63, 3.8) is 0 Å². The van der Waals surface area contributed by atoms with Crippen LogP contribution in [0.1, 0.15) is 23.4 Å². The number of nitro groups is 1. The van der Waals surface area contributed by atoms with Gasteiger partial charge in [-0.1, -0.05) is 0 Å². The van der Waals surface area contributed by atoms with Crippen molar-refractivity contribution < 1.29 is 33.2 Å². The van der Waals surface area contributed by atoms with Crippen LogP contribution in [0, 0.1) is 10.1 Å². The van der Waals surface area contributed by atoms with Gasteiger partial charge in [-0.3, -0.25) is 19.8 Å².